The third-order valence-corrected chi connectivity index (χ3v) is 4.25. The topological polar surface area (TPSA) is 3.24 Å². The van der Waals surface area contributed by atoms with Gasteiger partial charge in [0.05, 0.1) is 0 Å². The second kappa shape index (κ2) is 4.95. The van der Waals surface area contributed by atoms with E-state index in [1.807, 2.05) is 12.1 Å². The molecular weight excluding hydrogens is 241 g/mol. The number of fused-ring (bicyclic) bond motifs is 1. The van der Waals surface area contributed by atoms with Crippen molar-refractivity contribution >= 4 is 23.2 Å². The first kappa shape index (κ1) is 12.2. The van der Waals surface area contributed by atoms with Crippen molar-refractivity contribution in [2.75, 3.05) is 6.54 Å². The number of hydrogen-bond donors (Lipinski definition) is 0. The molecule has 1 unspecified atom stereocenters. The Labute approximate surface area is 107 Å². The fourth-order valence-electron chi connectivity index (χ4n) is 2.25. The summed E-state index contributed by atoms with van der Waals surface area (Å²) in [6, 6.07) is 4.42. The van der Waals surface area contributed by atoms with Crippen LogP contribution in [-0.4, -0.2) is 17.5 Å². The van der Waals surface area contributed by atoms with Crippen molar-refractivity contribution in [1.82, 2.24) is 4.90 Å². The van der Waals surface area contributed by atoms with Crippen LogP contribution >= 0.6 is 23.2 Å². The van der Waals surface area contributed by atoms with Crippen LogP contribution < -0.4 is 0 Å². The highest BCUT2D eigenvalue weighted by atomic mass is 35.5. The highest BCUT2D eigenvalue weighted by Crippen LogP contribution is 2.32. The lowest BCUT2D eigenvalue weighted by molar-refractivity contribution is 0.186. The summed E-state index contributed by atoms with van der Waals surface area (Å²) in [5, 5.41) is 1.72. The number of halogens is 2. The maximum Gasteiger partial charge on any atom is 0.0454 e. The zero-order chi connectivity index (χ0) is 11.7. The SMILES string of the molecule is CCC(C)N1CCc2c(Cl)ccc(Cl)c2C1. The van der Waals surface area contributed by atoms with Crippen LogP contribution in [0.3, 0.4) is 0 Å². The summed E-state index contributed by atoms with van der Waals surface area (Å²) in [4.78, 5) is 2.48. The van der Waals surface area contributed by atoms with Crippen LogP contribution in [0, 0.1) is 0 Å². The molecule has 1 aromatic carbocycles. The Bertz CT molecular complexity index is 390. The van der Waals surface area contributed by atoms with Gasteiger partial charge in [-0.1, -0.05) is 30.1 Å². The Hall–Kier alpha value is -0.240. The van der Waals surface area contributed by atoms with Crippen LogP contribution in [0.15, 0.2) is 12.1 Å². The van der Waals surface area contributed by atoms with E-state index in [-0.39, 0.29) is 0 Å². The van der Waals surface area contributed by atoms with Crippen molar-refractivity contribution in [3.05, 3.63) is 33.3 Å². The lowest BCUT2D eigenvalue weighted by Crippen LogP contribution is -2.37. The van der Waals surface area contributed by atoms with E-state index in [2.05, 4.69) is 18.7 Å². The van der Waals surface area contributed by atoms with Crippen LogP contribution in [0.2, 0.25) is 10.0 Å². The van der Waals surface area contributed by atoms with Gasteiger partial charge in [0.15, 0.2) is 0 Å². The highest BCUT2D eigenvalue weighted by molar-refractivity contribution is 6.34. The van der Waals surface area contributed by atoms with E-state index in [0.717, 1.165) is 29.6 Å². The van der Waals surface area contributed by atoms with Gasteiger partial charge >= 0.3 is 0 Å². The van der Waals surface area contributed by atoms with Crippen LogP contribution in [0.5, 0.6) is 0 Å². The molecule has 0 bridgehead atoms. The van der Waals surface area contributed by atoms with Crippen LogP contribution in [0.25, 0.3) is 0 Å². The summed E-state index contributed by atoms with van der Waals surface area (Å²) in [6.07, 6.45) is 2.19. The summed E-state index contributed by atoms with van der Waals surface area (Å²) in [6.45, 7) is 6.51. The highest BCUT2D eigenvalue weighted by Gasteiger charge is 2.23. The van der Waals surface area contributed by atoms with Gasteiger partial charge in [-0.25, -0.2) is 0 Å². The third-order valence-electron chi connectivity index (χ3n) is 3.54. The summed E-state index contributed by atoms with van der Waals surface area (Å²) in [7, 11) is 0. The molecule has 88 valence electrons. The Morgan fingerprint density at radius 2 is 1.88 bits per heavy atom. The monoisotopic (exact) mass is 257 g/mol. The zero-order valence-electron chi connectivity index (χ0n) is 9.76. The molecule has 1 aromatic rings. The molecule has 1 aliphatic heterocycles. The Morgan fingerprint density at radius 3 is 2.50 bits per heavy atom. The Balaban J connectivity index is 2.29. The van der Waals surface area contributed by atoms with Gasteiger partial charge in [0, 0.05) is 29.2 Å². The average Bonchev–Trinajstić information content (AvgIpc) is 2.32. The van der Waals surface area contributed by atoms with E-state index < -0.39 is 0 Å². The van der Waals surface area contributed by atoms with Gasteiger partial charge in [-0.05, 0) is 43.0 Å². The van der Waals surface area contributed by atoms with Crippen molar-refractivity contribution in [3.8, 4) is 0 Å². The van der Waals surface area contributed by atoms with Crippen molar-refractivity contribution < 1.29 is 0 Å². The first-order valence-corrected chi connectivity index (χ1v) is 6.59. The third kappa shape index (κ3) is 2.22. The normalized spacial score (nSPS) is 18.2. The molecule has 0 saturated heterocycles. The second-order valence-electron chi connectivity index (χ2n) is 4.46. The van der Waals surface area contributed by atoms with Crippen molar-refractivity contribution in [2.24, 2.45) is 0 Å². The number of hydrogen-bond acceptors (Lipinski definition) is 1. The number of benzene rings is 1. The second-order valence-corrected chi connectivity index (χ2v) is 5.28. The minimum atomic E-state index is 0.614. The molecule has 1 nitrogen and oxygen atoms in total. The van der Waals surface area contributed by atoms with E-state index >= 15 is 0 Å². The van der Waals surface area contributed by atoms with E-state index in [9.17, 15) is 0 Å². The fraction of sp³-hybridized carbons (Fsp3) is 0.538. The van der Waals surface area contributed by atoms with Crippen molar-refractivity contribution in [2.45, 2.75) is 39.3 Å². The zero-order valence-corrected chi connectivity index (χ0v) is 11.3. The van der Waals surface area contributed by atoms with Gasteiger partial charge in [-0.3, -0.25) is 4.90 Å². The molecule has 2 rings (SSSR count). The minimum Gasteiger partial charge on any atom is -0.296 e. The molecule has 0 fully saturated rings. The van der Waals surface area contributed by atoms with E-state index in [1.165, 1.54) is 17.5 Å². The first-order valence-electron chi connectivity index (χ1n) is 5.83. The fourth-order valence-corrected chi connectivity index (χ4v) is 2.76. The van der Waals surface area contributed by atoms with E-state index in [4.69, 9.17) is 23.2 Å². The lowest BCUT2D eigenvalue weighted by atomic mass is 9.98. The summed E-state index contributed by atoms with van der Waals surface area (Å²) >= 11 is 12.4. The maximum atomic E-state index is 6.24. The Morgan fingerprint density at radius 1 is 1.25 bits per heavy atom. The molecule has 1 aliphatic rings. The van der Waals surface area contributed by atoms with E-state index in [0.29, 0.717) is 6.04 Å². The first-order chi connectivity index (χ1) is 7.63. The van der Waals surface area contributed by atoms with Gasteiger partial charge in [-0.2, -0.15) is 0 Å². The molecule has 16 heavy (non-hydrogen) atoms. The lowest BCUT2D eigenvalue weighted by Gasteiger charge is -2.34. The number of rotatable bonds is 2. The summed E-state index contributed by atoms with van der Waals surface area (Å²) in [5.41, 5.74) is 2.47. The van der Waals surface area contributed by atoms with Gasteiger partial charge in [0.2, 0.25) is 0 Å². The predicted octanol–water partition coefficient (Wildman–Crippen LogP) is 4.15. The molecule has 0 spiro atoms. The summed E-state index contributed by atoms with van der Waals surface area (Å²) < 4.78 is 0. The molecule has 0 aromatic heterocycles. The molecule has 0 saturated carbocycles. The molecule has 1 atom stereocenters. The van der Waals surface area contributed by atoms with Gasteiger partial charge < -0.3 is 0 Å². The molecule has 3 heteroatoms. The largest absolute Gasteiger partial charge is 0.296 e. The standard InChI is InChI=1S/C13H17Cl2N/c1-3-9(2)16-7-6-10-11(8-16)13(15)5-4-12(10)14/h4-5,9H,3,6-8H2,1-2H3. The van der Waals surface area contributed by atoms with Gasteiger partial charge in [0.25, 0.3) is 0 Å². The Kier molecular flexibility index (Phi) is 3.78. The van der Waals surface area contributed by atoms with E-state index in [1.54, 1.807) is 0 Å². The van der Waals surface area contributed by atoms with Crippen molar-refractivity contribution in [1.29, 1.82) is 0 Å². The number of nitrogens with zero attached hydrogens (tertiary/aromatic N) is 1. The maximum absolute atomic E-state index is 6.24. The van der Waals surface area contributed by atoms with Crippen LogP contribution in [0.4, 0.5) is 0 Å². The quantitative estimate of drug-likeness (QED) is 0.770. The molecule has 0 aliphatic carbocycles. The van der Waals surface area contributed by atoms with Crippen LogP contribution in [-0.2, 0) is 13.0 Å². The van der Waals surface area contributed by atoms with Crippen LogP contribution in [0.1, 0.15) is 31.4 Å². The molecular formula is C13H17Cl2N. The van der Waals surface area contributed by atoms with Gasteiger partial charge in [-0.15, -0.1) is 0 Å². The average molecular weight is 258 g/mol. The van der Waals surface area contributed by atoms with Gasteiger partial charge in [0.1, 0.15) is 0 Å². The molecule has 0 N–H and O–H groups in total. The molecule has 0 amide bonds. The smallest absolute Gasteiger partial charge is 0.0454 e. The summed E-state index contributed by atoms with van der Waals surface area (Å²) in [5.74, 6) is 0. The van der Waals surface area contributed by atoms with Crippen molar-refractivity contribution in [3.63, 3.8) is 0 Å². The predicted molar refractivity (Wildman–Crippen MR) is 70.3 cm³/mol. The molecule has 0 radical (unpaired) electrons. The minimum absolute atomic E-state index is 0.614. The molecule has 1 heterocycles.